The van der Waals surface area contributed by atoms with Crippen LogP contribution in [0.5, 0.6) is 0 Å². The monoisotopic (exact) mass is 252 g/mol. The van der Waals surface area contributed by atoms with E-state index in [-0.39, 0.29) is 5.82 Å². The quantitative estimate of drug-likeness (QED) is 0.872. The van der Waals surface area contributed by atoms with Crippen molar-refractivity contribution in [1.82, 2.24) is 4.90 Å². The molecule has 1 saturated heterocycles. The maximum Gasteiger partial charge on any atom is 0.131 e. The fourth-order valence-electron chi connectivity index (χ4n) is 2.69. The van der Waals surface area contributed by atoms with Crippen LogP contribution in [0.3, 0.4) is 0 Å². The highest BCUT2D eigenvalue weighted by atomic mass is 19.1. The summed E-state index contributed by atoms with van der Waals surface area (Å²) in [7, 11) is 2.09. The number of rotatable bonds is 2. The standard InChI is InChI=1S/C14H21FN2O/c1-10-9-16(3)7-8-17(10)13-6-4-5-12(15)14(13)11(2)18/h4-6,10-11,18H,7-9H2,1-3H3. The van der Waals surface area contributed by atoms with Gasteiger partial charge in [0.2, 0.25) is 0 Å². The van der Waals surface area contributed by atoms with Crippen molar-refractivity contribution in [3.63, 3.8) is 0 Å². The second-order valence-electron chi connectivity index (χ2n) is 5.15. The Kier molecular flexibility index (Phi) is 3.88. The Bertz CT molecular complexity index is 422. The van der Waals surface area contributed by atoms with Gasteiger partial charge in [0.05, 0.1) is 6.10 Å². The lowest BCUT2D eigenvalue weighted by Gasteiger charge is -2.41. The van der Waals surface area contributed by atoms with Crippen molar-refractivity contribution >= 4 is 5.69 Å². The molecule has 1 fully saturated rings. The number of piperazine rings is 1. The molecule has 1 heterocycles. The van der Waals surface area contributed by atoms with E-state index in [2.05, 4.69) is 23.8 Å². The van der Waals surface area contributed by atoms with Crippen molar-refractivity contribution in [3.05, 3.63) is 29.6 Å². The first-order chi connectivity index (χ1) is 8.50. The number of anilines is 1. The summed E-state index contributed by atoms with van der Waals surface area (Å²) in [5, 5.41) is 9.78. The van der Waals surface area contributed by atoms with Gasteiger partial charge in [0.15, 0.2) is 0 Å². The van der Waals surface area contributed by atoms with Crippen LogP contribution in [0, 0.1) is 5.82 Å². The molecule has 100 valence electrons. The summed E-state index contributed by atoms with van der Waals surface area (Å²) < 4.78 is 13.9. The molecule has 1 aliphatic rings. The Morgan fingerprint density at radius 3 is 2.72 bits per heavy atom. The van der Waals surface area contributed by atoms with E-state index in [9.17, 15) is 9.50 Å². The predicted octanol–water partition coefficient (Wildman–Crippen LogP) is 2.02. The van der Waals surface area contributed by atoms with E-state index in [0.29, 0.717) is 11.6 Å². The van der Waals surface area contributed by atoms with Crippen molar-refractivity contribution in [2.45, 2.75) is 26.0 Å². The topological polar surface area (TPSA) is 26.7 Å². The van der Waals surface area contributed by atoms with Crippen LogP contribution in [-0.4, -0.2) is 42.7 Å². The van der Waals surface area contributed by atoms with E-state index in [4.69, 9.17) is 0 Å². The third-order valence-corrected chi connectivity index (χ3v) is 3.59. The molecule has 0 amide bonds. The predicted molar refractivity (Wildman–Crippen MR) is 71.3 cm³/mol. The highest BCUT2D eigenvalue weighted by Crippen LogP contribution is 2.31. The second kappa shape index (κ2) is 5.24. The fraction of sp³-hybridized carbons (Fsp3) is 0.571. The lowest BCUT2D eigenvalue weighted by atomic mass is 10.0. The average molecular weight is 252 g/mol. The van der Waals surface area contributed by atoms with Crippen LogP contribution in [0.15, 0.2) is 18.2 Å². The zero-order valence-corrected chi connectivity index (χ0v) is 11.2. The third-order valence-electron chi connectivity index (χ3n) is 3.59. The minimum absolute atomic E-state index is 0.322. The number of nitrogens with zero attached hydrogens (tertiary/aromatic N) is 2. The number of likely N-dealkylation sites (N-methyl/N-ethyl adjacent to an activating group) is 1. The summed E-state index contributed by atoms with van der Waals surface area (Å²) in [6.45, 7) is 6.52. The molecular weight excluding hydrogens is 231 g/mol. The van der Waals surface area contributed by atoms with E-state index in [1.807, 2.05) is 6.07 Å². The highest BCUT2D eigenvalue weighted by molar-refractivity contribution is 5.56. The smallest absolute Gasteiger partial charge is 0.131 e. The fourth-order valence-corrected chi connectivity index (χ4v) is 2.69. The molecule has 3 nitrogen and oxygen atoms in total. The van der Waals surface area contributed by atoms with Crippen molar-refractivity contribution in [3.8, 4) is 0 Å². The third kappa shape index (κ3) is 2.49. The molecule has 4 heteroatoms. The van der Waals surface area contributed by atoms with E-state index in [1.54, 1.807) is 13.0 Å². The molecular formula is C14H21FN2O. The molecule has 2 rings (SSSR count). The van der Waals surface area contributed by atoms with E-state index >= 15 is 0 Å². The van der Waals surface area contributed by atoms with Gasteiger partial charge in [0.1, 0.15) is 5.82 Å². The minimum Gasteiger partial charge on any atom is -0.389 e. The van der Waals surface area contributed by atoms with Gasteiger partial charge in [0, 0.05) is 36.9 Å². The maximum absolute atomic E-state index is 13.9. The summed E-state index contributed by atoms with van der Waals surface area (Å²) in [6, 6.07) is 5.34. The molecule has 0 saturated carbocycles. The van der Waals surface area contributed by atoms with Crippen molar-refractivity contribution in [1.29, 1.82) is 0 Å². The first kappa shape index (κ1) is 13.3. The lowest BCUT2D eigenvalue weighted by Crippen LogP contribution is -2.50. The zero-order chi connectivity index (χ0) is 13.3. The van der Waals surface area contributed by atoms with Crippen molar-refractivity contribution < 1.29 is 9.50 Å². The summed E-state index contributed by atoms with van der Waals surface area (Å²) in [5.41, 5.74) is 1.24. The first-order valence-corrected chi connectivity index (χ1v) is 6.42. The van der Waals surface area contributed by atoms with Crippen LogP contribution in [0.4, 0.5) is 10.1 Å². The second-order valence-corrected chi connectivity index (χ2v) is 5.15. The summed E-state index contributed by atoms with van der Waals surface area (Å²) >= 11 is 0. The number of benzene rings is 1. The maximum atomic E-state index is 13.9. The first-order valence-electron chi connectivity index (χ1n) is 6.42. The Morgan fingerprint density at radius 2 is 2.11 bits per heavy atom. The molecule has 0 aliphatic carbocycles. The molecule has 0 bridgehead atoms. The van der Waals surface area contributed by atoms with E-state index in [0.717, 1.165) is 25.3 Å². The number of hydrogen-bond acceptors (Lipinski definition) is 3. The Balaban J connectivity index is 2.36. The van der Waals surface area contributed by atoms with Gasteiger partial charge < -0.3 is 14.9 Å². The van der Waals surface area contributed by atoms with Crippen LogP contribution in [0.2, 0.25) is 0 Å². The molecule has 1 aromatic carbocycles. The molecule has 18 heavy (non-hydrogen) atoms. The van der Waals surface area contributed by atoms with Gasteiger partial charge in [-0.1, -0.05) is 6.07 Å². The normalized spacial score (nSPS) is 23.2. The van der Waals surface area contributed by atoms with E-state index < -0.39 is 6.10 Å². The molecule has 0 radical (unpaired) electrons. The van der Waals surface area contributed by atoms with Gasteiger partial charge >= 0.3 is 0 Å². The number of hydrogen-bond donors (Lipinski definition) is 1. The van der Waals surface area contributed by atoms with E-state index in [1.165, 1.54) is 6.07 Å². The molecule has 0 spiro atoms. The Morgan fingerprint density at radius 1 is 1.39 bits per heavy atom. The summed E-state index contributed by atoms with van der Waals surface area (Å²) in [6.07, 6.45) is -0.784. The largest absolute Gasteiger partial charge is 0.389 e. The van der Waals surface area contributed by atoms with Gasteiger partial charge in [-0.2, -0.15) is 0 Å². The minimum atomic E-state index is -0.784. The van der Waals surface area contributed by atoms with Crippen molar-refractivity contribution in [2.75, 3.05) is 31.6 Å². The number of aliphatic hydroxyl groups is 1. The Labute approximate surface area is 108 Å². The van der Waals surface area contributed by atoms with Gasteiger partial charge in [0.25, 0.3) is 0 Å². The highest BCUT2D eigenvalue weighted by Gasteiger charge is 2.25. The average Bonchev–Trinajstić information content (AvgIpc) is 2.28. The Hall–Kier alpha value is -1.13. The van der Waals surface area contributed by atoms with Crippen LogP contribution in [-0.2, 0) is 0 Å². The molecule has 1 aliphatic heterocycles. The van der Waals surface area contributed by atoms with Gasteiger partial charge in [-0.3, -0.25) is 0 Å². The van der Waals surface area contributed by atoms with Crippen molar-refractivity contribution in [2.24, 2.45) is 0 Å². The van der Waals surface area contributed by atoms with Crippen LogP contribution >= 0.6 is 0 Å². The molecule has 1 aromatic rings. The van der Waals surface area contributed by atoms with Gasteiger partial charge in [-0.15, -0.1) is 0 Å². The molecule has 0 aromatic heterocycles. The SMILES string of the molecule is CC(O)c1c(F)cccc1N1CCN(C)CC1C. The summed E-state index contributed by atoms with van der Waals surface area (Å²) in [4.78, 5) is 4.45. The number of halogens is 1. The van der Waals surface area contributed by atoms with Crippen LogP contribution < -0.4 is 4.90 Å². The molecule has 2 unspecified atom stereocenters. The van der Waals surface area contributed by atoms with Gasteiger partial charge in [-0.25, -0.2) is 4.39 Å². The lowest BCUT2D eigenvalue weighted by molar-refractivity contribution is 0.193. The molecule has 2 atom stereocenters. The molecule has 1 N–H and O–H groups in total. The van der Waals surface area contributed by atoms with Crippen LogP contribution in [0.25, 0.3) is 0 Å². The van der Waals surface area contributed by atoms with Crippen LogP contribution in [0.1, 0.15) is 25.5 Å². The number of aliphatic hydroxyl groups excluding tert-OH is 1. The van der Waals surface area contributed by atoms with Gasteiger partial charge in [-0.05, 0) is 33.0 Å². The summed E-state index contributed by atoms with van der Waals surface area (Å²) in [5.74, 6) is -0.325. The zero-order valence-electron chi connectivity index (χ0n) is 11.2.